The lowest BCUT2D eigenvalue weighted by Gasteiger charge is -2.32. The number of carbonyl (C=O) groups excluding carboxylic acids is 1. The van der Waals surface area contributed by atoms with Gasteiger partial charge in [-0.1, -0.05) is 6.92 Å². The zero-order valence-electron chi connectivity index (χ0n) is 11.3. The Bertz CT molecular complexity index is 513. The number of ketones is 1. The average Bonchev–Trinajstić information content (AvgIpc) is 2.37. The van der Waals surface area contributed by atoms with Gasteiger partial charge in [0.15, 0.2) is 5.78 Å². The van der Waals surface area contributed by atoms with Crippen LogP contribution in [0.15, 0.2) is 18.2 Å². The van der Waals surface area contributed by atoms with Crippen LogP contribution in [0.5, 0.6) is 0 Å². The van der Waals surface area contributed by atoms with E-state index in [1.54, 1.807) is 12.1 Å². The molecular formula is C14H18N2O3. The maximum absolute atomic E-state index is 11.5. The van der Waals surface area contributed by atoms with Gasteiger partial charge in [-0.2, -0.15) is 0 Å². The van der Waals surface area contributed by atoms with Gasteiger partial charge in [0, 0.05) is 24.8 Å². The first-order chi connectivity index (χ1) is 8.99. The molecule has 1 fully saturated rings. The molecule has 2 rings (SSSR count). The molecule has 0 unspecified atom stereocenters. The Hall–Kier alpha value is -1.91. The monoisotopic (exact) mass is 262 g/mol. The molecule has 5 nitrogen and oxygen atoms in total. The molecule has 19 heavy (non-hydrogen) atoms. The summed E-state index contributed by atoms with van der Waals surface area (Å²) >= 11 is 0. The van der Waals surface area contributed by atoms with Crippen molar-refractivity contribution in [2.24, 2.45) is 5.92 Å². The van der Waals surface area contributed by atoms with E-state index in [1.165, 1.54) is 19.4 Å². The zero-order chi connectivity index (χ0) is 14.0. The quantitative estimate of drug-likeness (QED) is 0.477. The van der Waals surface area contributed by atoms with E-state index in [9.17, 15) is 14.9 Å². The summed E-state index contributed by atoms with van der Waals surface area (Å²) in [5, 5.41) is 10.9. The van der Waals surface area contributed by atoms with Crippen molar-refractivity contribution in [1.29, 1.82) is 0 Å². The van der Waals surface area contributed by atoms with Gasteiger partial charge in [0.2, 0.25) is 0 Å². The standard InChI is InChI=1S/C14H18N2O3/c1-10-4-3-7-15(9-10)12-5-6-14(16(18)19)13(8-12)11(2)17/h5-6,8,10H,3-4,7,9H2,1-2H3/t10-/m0/s1. The molecule has 102 valence electrons. The van der Waals surface area contributed by atoms with Gasteiger partial charge < -0.3 is 4.90 Å². The third kappa shape index (κ3) is 2.92. The Balaban J connectivity index is 2.35. The molecule has 0 bridgehead atoms. The van der Waals surface area contributed by atoms with Crippen molar-refractivity contribution in [1.82, 2.24) is 0 Å². The number of Topliss-reactive ketones (excluding diaryl/α,β-unsaturated/α-hetero) is 1. The number of piperidine rings is 1. The number of carbonyl (C=O) groups is 1. The number of nitro benzene ring substituents is 1. The van der Waals surface area contributed by atoms with Gasteiger partial charge in [-0.05, 0) is 37.8 Å². The van der Waals surface area contributed by atoms with Crippen LogP contribution >= 0.6 is 0 Å². The lowest BCUT2D eigenvalue weighted by molar-refractivity contribution is -0.385. The van der Waals surface area contributed by atoms with Gasteiger partial charge in [-0.25, -0.2) is 0 Å². The van der Waals surface area contributed by atoms with Crippen molar-refractivity contribution in [3.8, 4) is 0 Å². The third-order valence-corrected chi connectivity index (χ3v) is 3.58. The van der Waals surface area contributed by atoms with Crippen LogP contribution in [0.25, 0.3) is 0 Å². The highest BCUT2D eigenvalue weighted by molar-refractivity contribution is 5.99. The van der Waals surface area contributed by atoms with Crippen LogP contribution in [0.4, 0.5) is 11.4 Å². The van der Waals surface area contributed by atoms with Crippen LogP contribution in [-0.2, 0) is 0 Å². The summed E-state index contributed by atoms with van der Waals surface area (Å²) in [4.78, 5) is 24.2. The molecule has 0 amide bonds. The van der Waals surface area contributed by atoms with Crippen LogP contribution in [0.2, 0.25) is 0 Å². The second-order valence-electron chi connectivity index (χ2n) is 5.21. The van der Waals surface area contributed by atoms with Crippen molar-refractivity contribution >= 4 is 17.2 Å². The fraction of sp³-hybridized carbons (Fsp3) is 0.500. The summed E-state index contributed by atoms with van der Waals surface area (Å²) in [7, 11) is 0. The molecule has 0 N–H and O–H groups in total. The minimum Gasteiger partial charge on any atom is -0.371 e. The number of nitro groups is 1. The minimum absolute atomic E-state index is 0.110. The second kappa shape index (κ2) is 5.38. The largest absolute Gasteiger partial charge is 0.371 e. The molecule has 1 aliphatic heterocycles. The molecule has 0 saturated carbocycles. The number of hydrogen-bond donors (Lipinski definition) is 0. The first-order valence-corrected chi connectivity index (χ1v) is 6.53. The molecule has 0 radical (unpaired) electrons. The lowest BCUT2D eigenvalue weighted by Crippen LogP contribution is -2.34. The summed E-state index contributed by atoms with van der Waals surface area (Å²) in [6, 6.07) is 4.83. The summed E-state index contributed by atoms with van der Waals surface area (Å²) < 4.78 is 0. The molecule has 1 aromatic carbocycles. The fourth-order valence-corrected chi connectivity index (χ4v) is 2.59. The summed E-state index contributed by atoms with van der Waals surface area (Å²) in [5.74, 6) is 0.350. The van der Waals surface area contributed by atoms with Crippen molar-refractivity contribution in [3.05, 3.63) is 33.9 Å². The van der Waals surface area contributed by atoms with E-state index in [0.717, 1.165) is 25.2 Å². The molecule has 1 aliphatic rings. The summed E-state index contributed by atoms with van der Waals surface area (Å²) in [6.07, 6.45) is 2.33. The maximum Gasteiger partial charge on any atom is 0.280 e. The fourth-order valence-electron chi connectivity index (χ4n) is 2.59. The first kappa shape index (κ1) is 13.5. The van der Waals surface area contributed by atoms with Crippen molar-refractivity contribution in [2.75, 3.05) is 18.0 Å². The third-order valence-electron chi connectivity index (χ3n) is 3.58. The van der Waals surface area contributed by atoms with Crippen LogP contribution in [0.1, 0.15) is 37.0 Å². The number of hydrogen-bond acceptors (Lipinski definition) is 4. The zero-order valence-corrected chi connectivity index (χ0v) is 11.3. The minimum atomic E-state index is -0.501. The Morgan fingerprint density at radius 2 is 2.21 bits per heavy atom. The van der Waals surface area contributed by atoms with Gasteiger partial charge in [0.1, 0.15) is 0 Å². The molecule has 1 aromatic rings. The Labute approximate surface area is 112 Å². The van der Waals surface area contributed by atoms with E-state index >= 15 is 0 Å². The lowest BCUT2D eigenvalue weighted by atomic mass is 9.99. The molecule has 1 saturated heterocycles. The molecular weight excluding hydrogens is 244 g/mol. The first-order valence-electron chi connectivity index (χ1n) is 6.53. The molecule has 0 aliphatic carbocycles. The van der Waals surface area contributed by atoms with Crippen LogP contribution < -0.4 is 4.90 Å². The average molecular weight is 262 g/mol. The molecule has 5 heteroatoms. The van der Waals surface area contributed by atoms with Crippen molar-refractivity contribution in [2.45, 2.75) is 26.7 Å². The van der Waals surface area contributed by atoms with Gasteiger partial charge in [0.25, 0.3) is 5.69 Å². The normalized spacial score (nSPS) is 19.3. The van der Waals surface area contributed by atoms with Crippen molar-refractivity contribution < 1.29 is 9.72 Å². The van der Waals surface area contributed by atoms with E-state index in [1.807, 2.05) is 0 Å². The van der Waals surface area contributed by atoms with E-state index in [-0.39, 0.29) is 17.0 Å². The molecule has 1 atom stereocenters. The van der Waals surface area contributed by atoms with Gasteiger partial charge >= 0.3 is 0 Å². The number of benzene rings is 1. The number of anilines is 1. The highest BCUT2D eigenvalue weighted by Crippen LogP contribution is 2.28. The highest BCUT2D eigenvalue weighted by Gasteiger charge is 2.21. The Morgan fingerprint density at radius 1 is 1.47 bits per heavy atom. The predicted molar refractivity (Wildman–Crippen MR) is 73.7 cm³/mol. The Morgan fingerprint density at radius 3 is 2.79 bits per heavy atom. The Kier molecular flexibility index (Phi) is 3.83. The highest BCUT2D eigenvalue weighted by atomic mass is 16.6. The summed E-state index contributed by atoms with van der Waals surface area (Å²) in [5.41, 5.74) is 0.990. The van der Waals surface area contributed by atoms with Crippen LogP contribution in [0, 0.1) is 16.0 Å². The van der Waals surface area contributed by atoms with Gasteiger partial charge in [0.05, 0.1) is 10.5 Å². The van der Waals surface area contributed by atoms with E-state index in [2.05, 4.69) is 11.8 Å². The number of nitrogens with zero attached hydrogens (tertiary/aromatic N) is 2. The van der Waals surface area contributed by atoms with Crippen molar-refractivity contribution in [3.63, 3.8) is 0 Å². The number of rotatable bonds is 3. The molecule has 0 spiro atoms. The second-order valence-corrected chi connectivity index (χ2v) is 5.21. The topological polar surface area (TPSA) is 63.5 Å². The molecule has 0 aromatic heterocycles. The maximum atomic E-state index is 11.5. The smallest absolute Gasteiger partial charge is 0.280 e. The SMILES string of the molecule is CC(=O)c1cc(N2CCC[C@H](C)C2)ccc1[N+](=O)[O-]. The predicted octanol–water partition coefficient (Wildman–Crippen LogP) is 3.03. The summed E-state index contributed by atoms with van der Waals surface area (Å²) in [6.45, 7) is 5.45. The van der Waals surface area contributed by atoms with E-state index < -0.39 is 4.92 Å². The van der Waals surface area contributed by atoms with E-state index in [4.69, 9.17) is 0 Å². The van der Waals surface area contributed by atoms with Crippen LogP contribution in [0.3, 0.4) is 0 Å². The van der Waals surface area contributed by atoms with E-state index in [0.29, 0.717) is 5.92 Å². The molecule has 1 heterocycles. The van der Waals surface area contributed by atoms with Crippen LogP contribution in [-0.4, -0.2) is 23.8 Å². The van der Waals surface area contributed by atoms with Gasteiger partial charge in [-0.3, -0.25) is 14.9 Å². The van der Waals surface area contributed by atoms with Gasteiger partial charge in [-0.15, -0.1) is 0 Å².